The third kappa shape index (κ3) is 3.42. The minimum Gasteiger partial charge on any atom is -0.233 e. The first-order valence-electron chi connectivity index (χ1n) is 5.53. The second-order valence-corrected chi connectivity index (χ2v) is 5.36. The molecule has 0 saturated heterocycles. The van der Waals surface area contributed by atoms with Crippen LogP contribution >= 0.6 is 23.4 Å². The van der Waals surface area contributed by atoms with Gasteiger partial charge in [-0.3, -0.25) is 0 Å². The molecule has 0 spiro atoms. The first-order chi connectivity index (χ1) is 8.97. The Kier molecular flexibility index (Phi) is 4.37. The molecule has 1 aromatic carbocycles. The Morgan fingerprint density at radius 2 is 1.74 bits per heavy atom. The van der Waals surface area contributed by atoms with Crippen molar-refractivity contribution in [3.63, 3.8) is 0 Å². The fourth-order valence-corrected chi connectivity index (χ4v) is 2.38. The van der Waals surface area contributed by atoms with Gasteiger partial charge in [-0.2, -0.15) is 8.78 Å². The number of halogens is 3. The van der Waals surface area contributed by atoms with Crippen molar-refractivity contribution < 1.29 is 8.78 Å². The van der Waals surface area contributed by atoms with Gasteiger partial charge in [0.25, 0.3) is 5.76 Å². The topological polar surface area (TPSA) is 25.8 Å². The summed E-state index contributed by atoms with van der Waals surface area (Å²) in [6.07, 6.45) is 0. The maximum absolute atomic E-state index is 12.2. The molecule has 0 aliphatic rings. The molecule has 2 rings (SSSR count). The van der Waals surface area contributed by atoms with Crippen molar-refractivity contribution in [2.75, 3.05) is 0 Å². The van der Waals surface area contributed by atoms with Gasteiger partial charge < -0.3 is 0 Å². The summed E-state index contributed by atoms with van der Waals surface area (Å²) < 4.78 is 24.5. The molecular weight excluding hydrogens is 290 g/mol. The van der Waals surface area contributed by atoms with Gasteiger partial charge in [0.05, 0.1) is 5.69 Å². The highest BCUT2D eigenvalue weighted by Crippen LogP contribution is 2.29. The molecule has 0 aliphatic heterocycles. The lowest BCUT2D eigenvalue weighted by Gasteiger charge is -2.08. The number of thioether (sulfide) groups is 1. The van der Waals surface area contributed by atoms with Crippen LogP contribution in [0, 0.1) is 13.8 Å². The molecular formula is C13H11ClF2N2S. The molecule has 0 fully saturated rings. The van der Waals surface area contributed by atoms with E-state index in [1.807, 2.05) is 6.92 Å². The summed E-state index contributed by atoms with van der Waals surface area (Å²) in [5.41, 5.74) is 2.34. The fourth-order valence-electron chi connectivity index (χ4n) is 1.67. The Bertz CT molecular complexity index is 588. The van der Waals surface area contributed by atoms with Crippen LogP contribution in [0.15, 0.2) is 29.2 Å². The lowest BCUT2D eigenvalue weighted by atomic mass is 10.1. The van der Waals surface area contributed by atoms with Crippen molar-refractivity contribution in [3.05, 3.63) is 40.8 Å². The Morgan fingerprint density at radius 1 is 1.11 bits per heavy atom. The normalized spacial score (nSPS) is 11.1. The molecule has 0 aliphatic carbocycles. The van der Waals surface area contributed by atoms with E-state index in [-0.39, 0.29) is 0 Å². The number of hydrogen-bond acceptors (Lipinski definition) is 3. The Balaban J connectivity index is 2.37. The largest absolute Gasteiger partial charge is 0.288 e. The summed E-state index contributed by atoms with van der Waals surface area (Å²) in [7, 11) is 0. The molecule has 0 atom stereocenters. The highest BCUT2D eigenvalue weighted by molar-refractivity contribution is 7.99. The second-order valence-electron chi connectivity index (χ2n) is 3.94. The van der Waals surface area contributed by atoms with Crippen LogP contribution in [0.1, 0.15) is 11.4 Å². The molecule has 1 heterocycles. The summed E-state index contributed by atoms with van der Waals surface area (Å²) in [6.45, 7) is 3.59. The van der Waals surface area contributed by atoms with Gasteiger partial charge in [0.15, 0.2) is 0 Å². The van der Waals surface area contributed by atoms with Crippen LogP contribution in [0.4, 0.5) is 8.78 Å². The maximum atomic E-state index is 12.2. The van der Waals surface area contributed by atoms with E-state index in [2.05, 4.69) is 9.97 Å². The lowest BCUT2D eigenvalue weighted by molar-refractivity contribution is 0.252. The quantitative estimate of drug-likeness (QED) is 0.605. The van der Waals surface area contributed by atoms with Crippen LogP contribution in [0.5, 0.6) is 0 Å². The van der Waals surface area contributed by atoms with Crippen LogP contribution < -0.4 is 0 Å². The number of rotatable bonds is 3. The van der Waals surface area contributed by atoms with Crippen molar-refractivity contribution in [2.24, 2.45) is 0 Å². The minimum absolute atomic E-state index is 0.411. The first kappa shape index (κ1) is 14.2. The molecule has 1 aromatic heterocycles. The molecule has 0 bridgehead atoms. The van der Waals surface area contributed by atoms with E-state index in [0.717, 1.165) is 16.8 Å². The zero-order valence-corrected chi connectivity index (χ0v) is 11.9. The van der Waals surface area contributed by atoms with Crippen molar-refractivity contribution in [3.8, 4) is 11.3 Å². The van der Waals surface area contributed by atoms with Crippen molar-refractivity contribution in [1.29, 1.82) is 0 Å². The predicted molar refractivity (Wildman–Crippen MR) is 73.8 cm³/mol. The van der Waals surface area contributed by atoms with Crippen LogP contribution in [-0.4, -0.2) is 15.7 Å². The monoisotopic (exact) mass is 300 g/mol. The van der Waals surface area contributed by atoms with Crippen LogP contribution in [0.25, 0.3) is 11.3 Å². The van der Waals surface area contributed by atoms with Gasteiger partial charge in [0.1, 0.15) is 11.0 Å². The number of benzene rings is 1. The van der Waals surface area contributed by atoms with Gasteiger partial charge >= 0.3 is 0 Å². The average molecular weight is 301 g/mol. The summed E-state index contributed by atoms with van der Waals surface area (Å²) in [4.78, 5) is 8.93. The maximum Gasteiger partial charge on any atom is 0.288 e. The number of alkyl halides is 2. The summed E-state index contributed by atoms with van der Waals surface area (Å²) in [6, 6.07) is 6.82. The molecule has 0 saturated carbocycles. The van der Waals surface area contributed by atoms with Gasteiger partial charge in [0, 0.05) is 16.0 Å². The van der Waals surface area contributed by atoms with Crippen LogP contribution in [0.2, 0.25) is 5.15 Å². The molecule has 0 N–H and O–H groups in total. The Labute approximate surface area is 119 Å². The third-order valence-corrected chi connectivity index (χ3v) is 3.64. The van der Waals surface area contributed by atoms with Crippen molar-refractivity contribution in [1.82, 2.24) is 9.97 Å². The summed E-state index contributed by atoms with van der Waals surface area (Å²) in [5, 5.41) is 0.411. The summed E-state index contributed by atoms with van der Waals surface area (Å²) in [5.74, 6) is -1.83. The molecule has 0 unspecified atom stereocenters. The highest BCUT2D eigenvalue weighted by atomic mass is 35.5. The highest BCUT2D eigenvalue weighted by Gasteiger charge is 2.10. The molecule has 19 heavy (non-hydrogen) atoms. The van der Waals surface area contributed by atoms with E-state index in [0.29, 0.717) is 27.6 Å². The van der Waals surface area contributed by atoms with Gasteiger partial charge in [-0.1, -0.05) is 35.5 Å². The van der Waals surface area contributed by atoms with E-state index in [9.17, 15) is 8.78 Å². The van der Waals surface area contributed by atoms with E-state index >= 15 is 0 Å². The molecule has 2 aromatic rings. The SMILES string of the molecule is Cc1nc(Cl)c(C)c(-c2ccc(SC(F)F)cc2)n1. The van der Waals surface area contributed by atoms with E-state index in [1.54, 1.807) is 31.2 Å². The Hall–Kier alpha value is -1.20. The molecule has 6 heteroatoms. The van der Waals surface area contributed by atoms with Gasteiger partial charge in [0.2, 0.25) is 0 Å². The Morgan fingerprint density at radius 3 is 2.32 bits per heavy atom. The molecule has 0 radical (unpaired) electrons. The van der Waals surface area contributed by atoms with Crippen LogP contribution in [-0.2, 0) is 0 Å². The molecule has 0 amide bonds. The number of hydrogen-bond donors (Lipinski definition) is 0. The molecule has 100 valence electrons. The molecule has 2 nitrogen and oxygen atoms in total. The van der Waals surface area contributed by atoms with Gasteiger partial charge in [-0.05, 0) is 26.0 Å². The standard InChI is InChI=1S/C13H11ClF2N2S/c1-7-11(17-8(2)18-12(7)14)9-3-5-10(6-4-9)19-13(15)16/h3-6,13H,1-2H3. The van der Waals surface area contributed by atoms with E-state index in [1.165, 1.54) is 0 Å². The summed E-state index contributed by atoms with van der Waals surface area (Å²) >= 11 is 6.54. The van der Waals surface area contributed by atoms with Crippen molar-refractivity contribution in [2.45, 2.75) is 24.5 Å². The minimum atomic E-state index is -2.41. The average Bonchev–Trinajstić information content (AvgIpc) is 2.34. The first-order valence-corrected chi connectivity index (χ1v) is 6.79. The fraction of sp³-hybridized carbons (Fsp3) is 0.231. The van der Waals surface area contributed by atoms with Crippen molar-refractivity contribution >= 4 is 23.4 Å². The zero-order valence-electron chi connectivity index (χ0n) is 10.3. The lowest BCUT2D eigenvalue weighted by Crippen LogP contribution is -1.96. The number of nitrogens with zero attached hydrogens (tertiary/aromatic N) is 2. The van der Waals surface area contributed by atoms with E-state index in [4.69, 9.17) is 11.6 Å². The third-order valence-electron chi connectivity index (χ3n) is 2.55. The van der Waals surface area contributed by atoms with E-state index < -0.39 is 5.76 Å². The second kappa shape index (κ2) is 5.84. The zero-order chi connectivity index (χ0) is 14.0. The van der Waals surface area contributed by atoms with Crippen LogP contribution in [0.3, 0.4) is 0 Å². The number of aryl methyl sites for hydroxylation is 1. The van der Waals surface area contributed by atoms with Gasteiger partial charge in [-0.15, -0.1) is 0 Å². The predicted octanol–water partition coefficient (Wildman–Crippen LogP) is 4.73. The smallest absolute Gasteiger partial charge is 0.233 e. The number of aromatic nitrogens is 2. The van der Waals surface area contributed by atoms with Gasteiger partial charge in [-0.25, -0.2) is 9.97 Å².